The van der Waals surface area contributed by atoms with Crippen molar-refractivity contribution in [2.24, 2.45) is 5.92 Å². The van der Waals surface area contributed by atoms with Crippen molar-refractivity contribution in [3.8, 4) is 0 Å². The molecule has 24 heavy (non-hydrogen) atoms. The number of ether oxygens (including phenoxy) is 1. The summed E-state index contributed by atoms with van der Waals surface area (Å²) in [5, 5.41) is 2.98. The normalized spacial score (nSPS) is 17.5. The van der Waals surface area contributed by atoms with E-state index in [4.69, 9.17) is 4.74 Å². The van der Waals surface area contributed by atoms with E-state index < -0.39 is 0 Å². The first-order valence-electron chi connectivity index (χ1n) is 8.65. The smallest absolute Gasteiger partial charge is 0.308 e. The molecule has 1 amide bonds. The molecule has 0 aromatic heterocycles. The number of likely N-dealkylation sites (tertiary alicyclic amines) is 1. The molecular weight excluding hydrogens is 304 g/mol. The van der Waals surface area contributed by atoms with E-state index in [1.54, 1.807) is 0 Å². The number of hydrogen-bond donors (Lipinski definition) is 1. The molecule has 0 saturated carbocycles. The quantitative estimate of drug-likeness (QED) is 0.842. The molecule has 0 spiro atoms. The average molecular weight is 332 g/mol. The molecule has 5 nitrogen and oxygen atoms in total. The van der Waals surface area contributed by atoms with Crippen LogP contribution in [0.2, 0.25) is 0 Å². The summed E-state index contributed by atoms with van der Waals surface area (Å²) in [6, 6.07) is 7.78. The molecule has 1 N–H and O–H groups in total. The Morgan fingerprint density at radius 2 is 1.71 bits per heavy atom. The van der Waals surface area contributed by atoms with Gasteiger partial charge in [0, 0.05) is 5.69 Å². The lowest BCUT2D eigenvalue weighted by atomic mass is 9.96. The van der Waals surface area contributed by atoms with Crippen LogP contribution in [0, 0.1) is 5.92 Å². The van der Waals surface area contributed by atoms with Gasteiger partial charge in [-0.1, -0.05) is 26.0 Å². The second-order valence-electron chi connectivity index (χ2n) is 6.78. The van der Waals surface area contributed by atoms with Gasteiger partial charge < -0.3 is 10.1 Å². The van der Waals surface area contributed by atoms with Crippen LogP contribution in [0.15, 0.2) is 24.3 Å². The monoisotopic (exact) mass is 332 g/mol. The molecule has 1 aliphatic rings. The molecular formula is C19H28N2O3. The summed E-state index contributed by atoms with van der Waals surface area (Å²) in [5.74, 6) is 0.288. The van der Waals surface area contributed by atoms with Crippen LogP contribution in [0.4, 0.5) is 5.69 Å². The Morgan fingerprint density at radius 1 is 1.12 bits per heavy atom. The highest BCUT2D eigenvalue weighted by Gasteiger charge is 2.30. The van der Waals surface area contributed by atoms with Gasteiger partial charge in [0.25, 0.3) is 0 Å². The summed E-state index contributed by atoms with van der Waals surface area (Å²) >= 11 is 0. The fraction of sp³-hybridized carbons (Fsp3) is 0.579. The molecule has 0 radical (unpaired) electrons. The van der Waals surface area contributed by atoms with Crippen LogP contribution in [0.1, 0.15) is 45.1 Å². The van der Waals surface area contributed by atoms with Gasteiger partial charge >= 0.3 is 5.97 Å². The van der Waals surface area contributed by atoms with E-state index >= 15 is 0 Å². The molecule has 1 fully saturated rings. The molecule has 1 heterocycles. The molecule has 1 aromatic carbocycles. The molecule has 1 atom stereocenters. The average Bonchev–Trinajstić information content (AvgIpc) is 2.61. The topological polar surface area (TPSA) is 58.6 Å². The molecule has 1 saturated heterocycles. The summed E-state index contributed by atoms with van der Waals surface area (Å²) in [4.78, 5) is 26.2. The summed E-state index contributed by atoms with van der Waals surface area (Å²) in [6.07, 6.45) is 1.49. The fourth-order valence-corrected chi connectivity index (χ4v) is 3.05. The minimum Gasteiger partial charge on any atom is -0.469 e. The molecule has 1 aromatic rings. The van der Waals surface area contributed by atoms with Crippen LogP contribution in [0.25, 0.3) is 0 Å². The Morgan fingerprint density at radius 3 is 2.21 bits per heavy atom. The van der Waals surface area contributed by atoms with E-state index in [2.05, 4.69) is 24.1 Å². The predicted molar refractivity (Wildman–Crippen MR) is 94.9 cm³/mol. The third kappa shape index (κ3) is 4.57. The van der Waals surface area contributed by atoms with Gasteiger partial charge in [0.1, 0.15) is 0 Å². The van der Waals surface area contributed by atoms with E-state index in [1.165, 1.54) is 12.7 Å². The summed E-state index contributed by atoms with van der Waals surface area (Å²) in [7, 11) is 1.43. The molecule has 0 bridgehead atoms. The number of esters is 1. The predicted octanol–water partition coefficient (Wildman–Crippen LogP) is 3.02. The van der Waals surface area contributed by atoms with E-state index in [9.17, 15) is 9.59 Å². The van der Waals surface area contributed by atoms with Crippen molar-refractivity contribution in [3.05, 3.63) is 29.8 Å². The third-order valence-electron chi connectivity index (χ3n) is 4.84. The van der Waals surface area contributed by atoms with Gasteiger partial charge in [-0.15, -0.1) is 0 Å². The first-order valence-corrected chi connectivity index (χ1v) is 8.65. The Balaban J connectivity index is 1.87. The number of anilines is 1. The highest BCUT2D eigenvalue weighted by molar-refractivity contribution is 5.94. The Kier molecular flexibility index (Phi) is 6.37. The van der Waals surface area contributed by atoms with E-state index in [0.717, 1.165) is 31.6 Å². The van der Waals surface area contributed by atoms with Gasteiger partial charge in [0.2, 0.25) is 5.91 Å². The van der Waals surface area contributed by atoms with Crippen molar-refractivity contribution in [1.29, 1.82) is 0 Å². The van der Waals surface area contributed by atoms with Crippen molar-refractivity contribution in [2.45, 2.75) is 45.6 Å². The highest BCUT2D eigenvalue weighted by Crippen LogP contribution is 2.21. The van der Waals surface area contributed by atoms with Crippen molar-refractivity contribution in [2.75, 3.05) is 25.5 Å². The fourth-order valence-electron chi connectivity index (χ4n) is 3.05. The van der Waals surface area contributed by atoms with E-state index in [-0.39, 0.29) is 23.8 Å². The zero-order valence-corrected chi connectivity index (χ0v) is 15.0. The van der Waals surface area contributed by atoms with Crippen LogP contribution in [0.5, 0.6) is 0 Å². The minimum atomic E-state index is -0.214. The Hall–Kier alpha value is -1.88. The lowest BCUT2D eigenvalue weighted by Crippen LogP contribution is -2.47. The number of amides is 1. The number of nitrogens with zero attached hydrogens (tertiary/aromatic N) is 1. The van der Waals surface area contributed by atoms with Gasteiger partial charge in [0.15, 0.2) is 0 Å². The second kappa shape index (κ2) is 8.29. The van der Waals surface area contributed by atoms with Gasteiger partial charge in [0.05, 0.1) is 19.1 Å². The van der Waals surface area contributed by atoms with Crippen molar-refractivity contribution < 1.29 is 14.3 Å². The largest absolute Gasteiger partial charge is 0.469 e. The lowest BCUT2D eigenvalue weighted by molar-refractivity contribution is -0.147. The third-order valence-corrected chi connectivity index (χ3v) is 4.84. The van der Waals surface area contributed by atoms with Gasteiger partial charge in [-0.2, -0.15) is 0 Å². The van der Waals surface area contributed by atoms with E-state index in [1.807, 2.05) is 31.2 Å². The van der Waals surface area contributed by atoms with Crippen LogP contribution in [-0.2, 0) is 14.3 Å². The molecule has 132 valence electrons. The molecule has 1 aliphatic heterocycles. The van der Waals surface area contributed by atoms with Crippen LogP contribution in [-0.4, -0.2) is 43.0 Å². The maximum Gasteiger partial charge on any atom is 0.308 e. The zero-order chi connectivity index (χ0) is 17.7. The highest BCUT2D eigenvalue weighted by atomic mass is 16.5. The number of hydrogen-bond acceptors (Lipinski definition) is 4. The standard InChI is InChI=1S/C19H28N2O3/c1-13(2)15-5-7-17(8-6-15)20-18(22)14(3)21-11-9-16(10-12-21)19(23)24-4/h5-8,13-14,16H,9-12H2,1-4H3,(H,20,22)/t14-/m0/s1. The number of nitrogens with one attached hydrogen (secondary N) is 1. The summed E-state index contributed by atoms with van der Waals surface area (Å²) in [6.45, 7) is 7.68. The maximum absolute atomic E-state index is 12.5. The maximum atomic E-state index is 12.5. The summed E-state index contributed by atoms with van der Waals surface area (Å²) < 4.78 is 4.80. The number of carbonyl (C=O) groups is 2. The van der Waals surface area contributed by atoms with Crippen molar-refractivity contribution >= 4 is 17.6 Å². The van der Waals surface area contributed by atoms with E-state index in [0.29, 0.717) is 5.92 Å². The van der Waals surface area contributed by atoms with Gasteiger partial charge in [-0.3, -0.25) is 14.5 Å². The number of benzene rings is 1. The first kappa shape index (κ1) is 18.5. The zero-order valence-electron chi connectivity index (χ0n) is 15.0. The lowest BCUT2D eigenvalue weighted by Gasteiger charge is -2.34. The minimum absolute atomic E-state index is 0.0104. The van der Waals surface area contributed by atoms with Crippen LogP contribution < -0.4 is 5.32 Å². The van der Waals surface area contributed by atoms with Gasteiger partial charge in [-0.05, 0) is 56.5 Å². The molecule has 0 aliphatic carbocycles. The SMILES string of the molecule is COC(=O)C1CCN([C@@H](C)C(=O)Nc2ccc(C(C)C)cc2)CC1. The Bertz CT molecular complexity index is 560. The number of rotatable bonds is 5. The van der Waals surface area contributed by atoms with Crippen molar-refractivity contribution in [1.82, 2.24) is 4.90 Å². The van der Waals surface area contributed by atoms with Crippen molar-refractivity contribution in [3.63, 3.8) is 0 Å². The molecule has 0 unspecified atom stereocenters. The molecule has 5 heteroatoms. The number of carbonyl (C=O) groups excluding carboxylic acids is 2. The number of methoxy groups -OCH3 is 1. The number of piperidine rings is 1. The first-order chi connectivity index (χ1) is 11.4. The molecule has 2 rings (SSSR count). The summed E-state index contributed by atoms with van der Waals surface area (Å²) in [5.41, 5.74) is 2.08. The second-order valence-corrected chi connectivity index (χ2v) is 6.78. The van der Waals surface area contributed by atoms with Gasteiger partial charge in [-0.25, -0.2) is 0 Å². The Labute approximate surface area is 144 Å². The van der Waals surface area contributed by atoms with Crippen LogP contribution >= 0.6 is 0 Å². The van der Waals surface area contributed by atoms with Crippen LogP contribution in [0.3, 0.4) is 0 Å².